The number of pyridine rings is 1. The van der Waals surface area contributed by atoms with Crippen LogP contribution < -0.4 is 15.5 Å². The molecule has 2 fully saturated rings. The minimum atomic E-state index is -4.40. The van der Waals surface area contributed by atoms with E-state index < -0.39 is 11.7 Å². The molecule has 33 heavy (non-hydrogen) atoms. The normalized spacial score (nSPS) is 23.5. The first-order valence-electron chi connectivity index (χ1n) is 11.4. The number of carbonyl (C=O) groups excluding carboxylic acids is 2. The Morgan fingerprint density at radius 3 is 2.76 bits per heavy atom. The fourth-order valence-electron chi connectivity index (χ4n) is 4.39. The summed E-state index contributed by atoms with van der Waals surface area (Å²) in [6, 6.07) is 2.51. The number of hydrogen-bond acceptors (Lipinski definition) is 5. The standard InChI is InChI=1S/C23H32F3N5O2/c1-3-19-17(6-9-21(32)29-19)5-4-10-27-22(33)15-30-11-12-31(14-16(30)2)20-8-7-18(13-28-20)23(24,25)26/h3,7-8,13,16-17H,4-6,9-12,14-15H2,1-2H3,(H,27,33)(H,29,32)/b19-3+. The number of carbonyl (C=O) groups is 2. The van der Waals surface area contributed by atoms with E-state index in [0.717, 1.165) is 37.2 Å². The second kappa shape index (κ2) is 11.0. The molecule has 0 aliphatic carbocycles. The number of anilines is 1. The maximum atomic E-state index is 12.7. The number of nitrogens with one attached hydrogen (secondary N) is 2. The molecule has 2 aliphatic rings. The van der Waals surface area contributed by atoms with Crippen LogP contribution in [0.15, 0.2) is 30.1 Å². The summed E-state index contributed by atoms with van der Waals surface area (Å²) in [5.41, 5.74) is 0.219. The molecule has 2 saturated heterocycles. The molecule has 0 bridgehead atoms. The van der Waals surface area contributed by atoms with Gasteiger partial charge in [-0.05, 0) is 51.2 Å². The van der Waals surface area contributed by atoms with E-state index >= 15 is 0 Å². The van der Waals surface area contributed by atoms with Gasteiger partial charge < -0.3 is 15.5 Å². The number of hydrogen-bond donors (Lipinski definition) is 2. The first kappa shape index (κ1) is 25.0. The fourth-order valence-corrected chi connectivity index (χ4v) is 4.39. The molecule has 7 nitrogen and oxygen atoms in total. The van der Waals surface area contributed by atoms with Crippen molar-refractivity contribution in [2.75, 3.05) is 37.6 Å². The third-order valence-corrected chi connectivity index (χ3v) is 6.32. The van der Waals surface area contributed by atoms with Crippen LogP contribution in [0.5, 0.6) is 0 Å². The van der Waals surface area contributed by atoms with E-state index in [1.807, 2.05) is 24.8 Å². The zero-order valence-corrected chi connectivity index (χ0v) is 19.1. The Balaban J connectivity index is 1.38. The summed E-state index contributed by atoms with van der Waals surface area (Å²) in [5.74, 6) is 0.872. The van der Waals surface area contributed by atoms with Gasteiger partial charge in [-0.15, -0.1) is 0 Å². The zero-order valence-electron chi connectivity index (χ0n) is 19.1. The average molecular weight is 468 g/mol. The lowest BCUT2D eigenvalue weighted by Crippen LogP contribution is -2.54. The highest BCUT2D eigenvalue weighted by atomic mass is 19.4. The van der Waals surface area contributed by atoms with Crippen molar-refractivity contribution in [3.63, 3.8) is 0 Å². The third-order valence-electron chi connectivity index (χ3n) is 6.32. The summed E-state index contributed by atoms with van der Waals surface area (Å²) in [6.07, 6.45) is 1.55. The van der Waals surface area contributed by atoms with Gasteiger partial charge in [0.1, 0.15) is 5.82 Å². The maximum Gasteiger partial charge on any atom is 0.417 e. The van der Waals surface area contributed by atoms with Crippen molar-refractivity contribution >= 4 is 17.6 Å². The lowest BCUT2D eigenvalue weighted by atomic mass is 9.90. The van der Waals surface area contributed by atoms with E-state index in [1.54, 1.807) is 0 Å². The number of aromatic nitrogens is 1. The Morgan fingerprint density at radius 1 is 1.33 bits per heavy atom. The molecule has 1 aromatic rings. The van der Waals surface area contributed by atoms with Crippen LogP contribution in [-0.4, -0.2) is 60.5 Å². The van der Waals surface area contributed by atoms with Crippen molar-refractivity contribution in [1.29, 1.82) is 0 Å². The molecule has 182 valence electrons. The number of alkyl halides is 3. The van der Waals surface area contributed by atoms with E-state index in [9.17, 15) is 22.8 Å². The predicted octanol–water partition coefficient (Wildman–Crippen LogP) is 2.94. The van der Waals surface area contributed by atoms with Crippen LogP contribution in [-0.2, 0) is 15.8 Å². The number of piperazine rings is 1. The molecule has 3 heterocycles. The van der Waals surface area contributed by atoms with Crippen LogP contribution in [0, 0.1) is 5.92 Å². The minimum absolute atomic E-state index is 0.0360. The molecule has 10 heteroatoms. The Hall–Kier alpha value is -2.62. The molecular weight excluding hydrogens is 435 g/mol. The number of amides is 2. The van der Waals surface area contributed by atoms with Crippen LogP contribution in [0.3, 0.4) is 0 Å². The summed E-state index contributed by atoms with van der Waals surface area (Å²) < 4.78 is 38.2. The summed E-state index contributed by atoms with van der Waals surface area (Å²) in [6.45, 7) is 6.60. The second-order valence-electron chi connectivity index (χ2n) is 8.69. The largest absolute Gasteiger partial charge is 0.417 e. The third kappa shape index (κ3) is 6.93. The molecule has 0 radical (unpaired) electrons. The molecule has 0 aromatic carbocycles. The van der Waals surface area contributed by atoms with Crippen molar-refractivity contribution in [3.05, 3.63) is 35.7 Å². The van der Waals surface area contributed by atoms with Gasteiger partial charge in [0.2, 0.25) is 11.8 Å². The summed E-state index contributed by atoms with van der Waals surface area (Å²) in [5, 5.41) is 5.89. The van der Waals surface area contributed by atoms with Crippen molar-refractivity contribution in [3.8, 4) is 0 Å². The average Bonchev–Trinajstić information content (AvgIpc) is 2.78. The van der Waals surface area contributed by atoms with Crippen LogP contribution in [0.2, 0.25) is 0 Å². The molecule has 2 unspecified atom stereocenters. The summed E-state index contributed by atoms with van der Waals surface area (Å²) >= 11 is 0. The lowest BCUT2D eigenvalue weighted by molar-refractivity contribution is -0.137. The van der Waals surface area contributed by atoms with E-state index in [0.29, 0.717) is 44.3 Å². The van der Waals surface area contributed by atoms with E-state index in [2.05, 4.69) is 20.5 Å². The molecular formula is C23H32F3N5O2. The van der Waals surface area contributed by atoms with Crippen LogP contribution in [0.1, 0.15) is 45.1 Å². The molecule has 0 spiro atoms. The van der Waals surface area contributed by atoms with Gasteiger partial charge in [-0.25, -0.2) is 4.98 Å². The fraction of sp³-hybridized carbons (Fsp3) is 0.609. The number of halogens is 3. The minimum Gasteiger partial charge on any atom is -0.355 e. The number of piperidine rings is 1. The van der Waals surface area contributed by atoms with E-state index in [1.165, 1.54) is 6.07 Å². The van der Waals surface area contributed by atoms with Gasteiger partial charge in [-0.2, -0.15) is 13.2 Å². The Bertz CT molecular complexity index is 857. The first-order valence-corrected chi connectivity index (χ1v) is 11.4. The molecule has 0 saturated carbocycles. The molecule has 2 amide bonds. The SMILES string of the molecule is C/C=C1/NC(=O)CCC1CCCNC(=O)CN1CCN(c2ccc(C(F)(F)F)cn2)CC1C. The van der Waals surface area contributed by atoms with E-state index in [-0.39, 0.29) is 24.4 Å². The van der Waals surface area contributed by atoms with Crippen LogP contribution in [0.4, 0.5) is 19.0 Å². The van der Waals surface area contributed by atoms with Gasteiger partial charge in [0.05, 0.1) is 12.1 Å². The van der Waals surface area contributed by atoms with Gasteiger partial charge in [0, 0.05) is 50.5 Å². The van der Waals surface area contributed by atoms with Crippen LogP contribution in [0.25, 0.3) is 0 Å². The van der Waals surface area contributed by atoms with Gasteiger partial charge in [-0.1, -0.05) is 6.08 Å². The zero-order chi connectivity index (χ0) is 24.0. The monoisotopic (exact) mass is 467 g/mol. The summed E-state index contributed by atoms with van der Waals surface area (Å²) in [7, 11) is 0. The molecule has 2 atom stereocenters. The highest BCUT2D eigenvalue weighted by molar-refractivity contribution is 5.79. The molecule has 1 aromatic heterocycles. The van der Waals surface area contributed by atoms with Crippen molar-refractivity contribution < 1.29 is 22.8 Å². The van der Waals surface area contributed by atoms with E-state index in [4.69, 9.17) is 0 Å². The Kier molecular flexibility index (Phi) is 8.34. The van der Waals surface area contributed by atoms with Crippen LogP contribution >= 0.6 is 0 Å². The maximum absolute atomic E-state index is 12.7. The van der Waals surface area contributed by atoms with Gasteiger partial charge in [0.25, 0.3) is 0 Å². The van der Waals surface area contributed by atoms with Crippen molar-refractivity contribution in [1.82, 2.24) is 20.5 Å². The Labute approximate surface area is 192 Å². The van der Waals surface area contributed by atoms with Crippen molar-refractivity contribution in [2.24, 2.45) is 5.92 Å². The number of nitrogens with zero attached hydrogens (tertiary/aromatic N) is 3. The smallest absolute Gasteiger partial charge is 0.355 e. The van der Waals surface area contributed by atoms with Gasteiger partial charge in [-0.3, -0.25) is 14.5 Å². The number of rotatable bonds is 7. The quantitative estimate of drug-likeness (QED) is 0.603. The Morgan fingerprint density at radius 2 is 2.12 bits per heavy atom. The topological polar surface area (TPSA) is 77.6 Å². The number of allylic oxidation sites excluding steroid dienone is 2. The first-order chi connectivity index (χ1) is 15.7. The van der Waals surface area contributed by atoms with Crippen molar-refractivity contribution in [2.45, 2.75) is 51.7 Å². The summed E-state index contributed by atoms with van der Waals surface area (Å²) in [4.78, 5) is 31.9. The predicted molar refractivity (Wildman–Crippen MR) is 119 cm³/mol. The highest BCUT2D eigenvalue weighted by Crippen LogP contribution is 2.29. The lowest BCUT2D eigenvalue weighted by Gasteiger charge is -2.40. The molecule has 2 N–H and O–H groups in total. The second-order valence-corrected chi connectivity index (χ2v) is 8.69. The molecule has 2 aliphatic heterocycles. The van der Waals surface area contributed by atoms with Gasteiger partial charge in [0.15, 0.2) is 0 Å². The van der Waals surface area contributed by atoms with Gasteiger partial charge >= 0.3 is 6.18 Å². The highest BCUT2D eigenvalue weighted by Gasteiger charge is 2.31. The molecule has 3 rings (SSSR count).